The van der Waals surface area contributed by atoms with Crippen molar-refractivity contribution in [1.82, 2.24) is 4.90 Å². The lowest BCUT2D eigenvalue weighted by atomic mass is 9.84. The highest BCUT2D eigenvalue weighted by molar-refractivity contribution is 5.77. The molecule has 1 atom stereocenters. The van der Waals surface area contributed by atoms with Crippen LogP contribution in [0.4, 0.5) is 0 Å². The fourth-order valence-corrected chi connectivity index (χ4v) is 2.72. The van der Waals surface area contributed by atoms with E-state index in [9.17, 15) is 4.79 Å². The second-order valence-electron chi connectivity index (χ2n) is 5.24. The van der Waals surface area contributed by atoms with Crippen LogP contribution in [0.5, 0.6) is 0 Å². The zero-order valence-electron chi connectivity index (χ0n) is 10.9. The number of likely N-dealkylation sites (tertiary alicyclic amines) is 1. The molecular weight excluding hydrogens is 218 g/mol. The van der Waals surface area contributed by atoms with Gasteiger partial charge in [0, 0.05) is 26.6 Å². The number of unbranched alkanes of at least 4 members (excludes halogenated alkanes) is 1. The van der Waals surface area contributed by atoms with Gasteiger partial charge in [0.2, 0.25) is 5.91 Å². The lowest BCUT2D eigenvalue weighted by molar-refractivity contribution is -0.198. The van der Waals surface area contributed by atoms with E-state index in [1.165, 1.54) is 0 Å². The molecule has 2 fully saturated rings. The summed E-state index contributed by atoms with van der Waals surface area (Å²) in [5.41, 5.74) is -0.0964. The maximum atomic E-state index is 11.8. The summed E-state index contributed by atoms with van der Waals surface area (Å²) in [6.45, 7) is 4.39. The number of amides is 1. The third kappa shape index (κ3) is 2.80. The Morgan fingerprint density at radius 3 is 2.94 bits per heavy atom. The molecule has 2 aliphatic rings. The summed E-state index contributed by atoms with van der Waals surface area (Å²) >= 11 is 0. The molecule has 0 bridgehead atoms. The zero-order valence-corrected chi connectivity index (χ0v) is 10.9. The van der Waals surface area contributed by atoms with Crippen molar-refractivity contribution in [2.45, 2.75) is 50.7 Å². The summed E-state index contributed by atoms with van der Waals surface area (Å²) in [4.78, 5) is 13.7. The van der Waals surface area contributed by atoms with Crippen LogP contribution in [0.2, 0.25) is 0 Å². The molecule has 2 saturated heterocycles. The Labute approximate surface area is 103 Å². The topological polar surface area (TPSA) is 38.8 Å². The van der Waals surface area contributed by atoms with Crippen molar-refractivity contribution in [1.29, 1.82) is 0 Å². The van der Waals surface area contributed by atoms with Gasteiger partial charge in [0.15, 0.2) is 0 Å². The molecule has 1 unspecified atom stereocenters. The monoisotopic (exact) mass is 241 g/mol. The van der Waals surface area contributed by atoms with Crippen molar-refractivity contribution in [2.24, 2.45) is 0 Å². The SMILES string of the molecule is CCCCC(=O)N1CC2(CC(OC)CCO2)C1. The number of rotatable bonds is 4. The number of ether oxygens (including phenoxy) is 2. The van der Waals surface area contributed by atoms with Gasteiger partial charge in [-0.1, -0.05) is 13.3 Å². The van der Waals surface area contributed by atoms with Gasteiger partial charge in [-0.05, 0) is 12.8 Å². The highest BCUT2D eigenvalue weighted by Crippen LogP contribution is 2.35. The quantitative estimate of drug-likeness (QED) is 0.750. The van der Waals surface area contributed by atoms with E-state index in [-0.39, 0.29) is 11.5 Å². The average Bonchev–Trinajstić information content (AvgIpc) is 2.33. The van der Waals surface area contributed by atoms with E-state index in [1.807, 2.05) is 4.90 Å². The van der Waals surface area contributed by atoms with Crippen molar-refractivity contribution in [2.75, 3.05) is 26.8 Å². The van der Waals surface area contributed by atoms with E-state index in [0.29, 0.717) is 12.5 Å². The van der Waals surface area contributed by atoms with E-state index in [1.54, 1.807) is 7.11 Å². The Balaban J connectivity index is 1.78. The number of carbonyl (C=O) groups is 1. The molecule has 0 aromatic rings. The minimum atomic E-state index is -0.0964. The van der Waals surface area contributed by atoms with Crippen molar-refractivity contribution < 1.29 is 14.3 Å². The summed E-state index contributed by atoms with van der Waals surface area (Å²) in [6, 6.07) is 0. The molecular formula is C13H23NO3. The Kier molecular flexibility index (Phi) is 4.05. The first-order chi connectivity index (χ1) is 8.19. The Bertz CT molecular complexity index is 274. The minimum Gasteiger partial charge on any atom is -0.381 e. The fraction of sp³-hybridized carbons (Fsp3) is 0.923. The van der Waals surface area contributed by atoms with E-state index >= 15 is 0 Å². The van der Waals surface area contributed by atoms with Crippen LogP contribution in [0.3, 0.4) is 0 Å². The van der Waals surface area contributed by atoms with Gasteiger partial charge in [-0.15, -0.1) is 0 Å². The molecule has 0 aromatic heterocycles. The van der Waals surface area contributed by atoms with Crippen LogP contribution in [-0.4, -0.2) is 49.3 Å². The van der Waals surface area contributed by atoms with Gasteiger partial charge in [0.1, 0.15) is 5.60 Å². The maximum Gasteiger partial charge on any atom is 0.222 e. The molecule has 1 spiro atoms. The Morgan fingerprint density at radius 2 is 2.29 bits per heavy atom. The van der Waals surface area contributed by atoms with E-state index in [2.05, 4.69) is 6.92 Å². The van der Waals surface area contributed by atoms with Crippen LogP contribution in [0.1, 0.15) is 39.0 Å². The zero-order chi connectivity index (χ0) is 12.3. The van der Waals surface area contributed by atoms with E-state index < -0.39 is 0 Å². The lowest BCUT2D eigenvalue weighted by Crippen LogP contribution is -2.67. The lowest BCUT2D eigenvalue weighted by Gasteiger charge is -2.53. The van der Waals surface area contributed by atoms with Crippen molar-refractivity contribution in [3.05, 3.63) is 0 Å². The normalized spacial score (nSPS) is 26.9. The number of carbonyl (C=O) groups excluding carboxylic acids is 1. The van der Waals surface area contributed by atoms with E-state index in [0.717, 1.165) is 45.4 Å². The molecule has 0 radical (unpaired) electrons. The van der Waals surface area contributed by atoms with Gasteiger partial charge in [-0.3, -0.25) is 4.79 Å². The van der Waals surface area contributed by atoms with Crippen molar-refractivity contribution in [3.63, 3.8) is 0 Å². The van der Waals surface area contributed by atoms with Gasteiger partial charge in [-0.2, -0.15) is 0 Å². The largest absolute Gasteiger partial charge is 0.381 e. The number of hydrogen-bond acceptors (Lipinski definition) is 3. The smallest absolute Gasteiger partial charge is 0.222 e. The van der Waals surface area contributed by atoms with Gasteiger partial charge in [0.05, 0.1) is 19.2 Å². The summed E-state index contributed by atoms with van der Waals surface area (Å²) in [5.74, 6) is 0.278. The molecule has 2 rings (SSSR count). The average molecular weight is 241 g/mol. The second-order valence-corrected chi connectivity index (χ2v) is 5.24. The number of methoxy groups -OCH3 is 1. The highest BCUT2D eigenvalue weighted by atomic mass is 16.5. The van der Waals surface area contributed by atoms with Crippen LogP contribution in [-0.2, 0) is 14.3 Å². The second kappa shape index (κ2) is 5.36. The molecule has 2 aliphatic heterocycles. The maximum absolute atomic E-state index is 11.8. The van der Waals surface area contributed by atoms with Gasteiger partial charge < -0.3 is 14.4 Å². The molecule has 0 N–H and O–H groups in total. The van der Waals surface area contributed by atoms with Crippen LogP contribution in [0.15, 0.2) is 0 Å². The predicted octanol–water partition coefficient (Wildman–Crippen LogP) is 1.58. The summed E-state index contributed by atoms with van der Waals surface area (Å²) in [7, 11) is 1.76. The predicted molar refractivity (Wildman–Crippen MR) is 64.8 cm³/mol. The molecule has 4 heteroatoms. The Hall–Kier alpha value is -0.610. The molecule has 0 saturated carbocycles. The van der Waals surface area contributed by atoms with Crippen molar-refractivity contribution >= 4 is 5.91 Å². The molecule has 1 amide bonds. The van der Waals surface area contributed by atoms with Crippen molar-refractivity contribution in [3.8, 4) is 0 Å². The molecule has 2 heterocycles. The molecule has 4 nitrogen and oxygen atoms in total. The van der Waals surface area contributed by atoms with E-state index in [4.69, 9.17) is 9.47 Å². The molecule has 0 aromatic carbocycles. The number of hydrogen-bond donors (Lipinski definition) is 0. The van der Waals surface area contributed by atoms with Gasteiger partial charge in [-0.25, -0.2) is 0 Å². The first-order valence-electron chi connectivity index (χ1n) is 6.63. The molecule has 0 aliphatic carbocycles. The summed E-state index contributed by atoms with van der Waals surface area (Å²) in [6.07, 6.45) is 4.96. The standard InChI is InChI=1S/C13H23NO3/c1-3-4-5-12(15)14-9-13(10-14)8-11(16-2)6-7-17-13/h11H,3-10H2,1-2H3. The first-order valence-corrected chi connectivity index (χ1v) is 6.63. The van der Waals surface area contributed by atoms with Crippen LogP contribution >= 0.6 is 0 Å². The van der Waals surface area contributed by atoms with Crippen LogP contribution < -0.4 is 0 Å². The summed E-state index contributed by atoms with van der Waals surface area (Å²) < 4.78 is 11.2. The highest BCUT2D eigenvalue weighted by Gasteiger charge is 2.49. The fourth-order valence-electron chi connectivity index (χ4n) is 2.72. The first kappa shape index (κ1) is 12.8. The summed E-state index contributed by atoms with van der Waals surface area (Å²) in [5, 5.41) is 0. The molecule has 17 heavy (non-hydrogen) atoms. The Morgan fingerprint density at radius 1 is 1.53 bits per heavy atom. The number of nitrogens with zero attached hydrogens (tertiary/aromatic N) is 1. The molecule has 98 valence electrons. The minimum absolute atomic E-state index is 0.0964. The van der Waals surface area contributed by atoms with Crippen LogP contribution in [0, 0.1) is 0 Å². The third-order valence-electron chi connectivity index (χ3n) is 3.84. The third-order valence-corrected chi connectivity index (χ3v) is 3.84. The van der Waals surface area contributed by atoms with Crippen LogP contribution in [0.25, 0.3) is 0 Å². The van der Waals surface area contributed by atoms with Gasteiger partial charge in [0.25, 0.3) is 0 Å². The van der Waals surface area contributed by atoms with Gasteiger partial charge >= 0.3 is 0 Å².